The number of carbonyl (C=O) groups excluding carboxylic acids is 1. The highest BCUT2D eigenvalue weighted by molar-refractivity contribution is 7.81. The number of aromatic nitrogens is 1. The van der Waals surface area contributed by atoms with Crippen molar-refractivity contribution < 1.29 is 31.5 Å². The number of benzene rings is 1. The number of halogens is 5. The fourth-order valence-corrected chi connectivity index (χ4v) is 6.87. The number of carbonyl (C=O) groups is 1. The highest BCUT2D eigenvalue weighted by Crippen LogP contribution is 2.56. The van der Waals surface area contributed by atoms with Crippen LogP contribution in [0.5, 0.6) is 5.75 Å². The highest BCUT2D eigenvalue weighted by atomic mass is 32.1. The third-order valence-electron chi connectivity index (χ3n) is 8.29. The number of rotatable bonds is 6. The smallest absolute Gasteiger partial charge is 0.419 e. The molecule has 4 fully saturated rings. The van der Waals surface area contributed by atoms with Gasteiger partial charge in [0.05, 0.1) is 17.4 Å². The van der Waals surface area contributed by atoms with Gasteiger partial charge in [-0.3, -0.25) is 14.6 Å². The average molecular weight is 578 g/mol. The molecule has 2 aromatic rings. The fraction of sp³-hybridized carbons (Fsp3) is 0.481. The molecule has 7 nitrogen and oxygen atoms in total. The Labute approximate surface area is 232 Å². The Morgan fingerprint density at radius 1 is 1.10 bits per heavy atom. The Morgan fingerprint density at radius 2 is 1.77 bits per heavy atom. The van der Waals surface area contributed by atoms with Gasteiger partial charge in [0.1, 0.15) is 24.0 Å². The van der Waals surface area contributed by atoms with Crippen LogP contribution in [0.25, 0.3) is 0 Å². The summed E-state index contributed by atoms with van der Waals surface area (Å²) in [6.45, 7) is 2.32. The van der Waals surface area contributed by atoms with E-state index >= 15 is 0 Å². The largest absolute Gasteiger partial charge is 0.492 e. The first kappa shape index (κ1) is 26.8. The van der Waals surface area contributed by atoms with Gasteiger partial charge in [0.15, 0.2) is 10.8 Å². The fourth-order valence-electron chi connectivity index (χ4n) is 6.40. The SMILES string of the molecule is N#Cc1ncc(N2C(=O)C3(CCC3)N(c3ccc(OCCN4CC5(C4)CC(F)(F)C5)cc3)C2=S)cc1C(F)(F)F. The molecule has 4 aliphatic rings. The quantitative estimate of drug-likeness (QED) is 0.348. The van der Waals surface area contributed by atoms with Gasteiger partial charge in [-0.15, -0.1) is 0 Å². The topological polar surface area (TPSA) is 72.7 Å². The van der Waals surface area contributed by atoms with Crippen molar-refractivity contribution in [3.05, 3.63) is 47.8 Å². The van der Waals surface area contributed by atoms with Crippen LogP contribution in [0.3, 0.4) is 0 Å². The number of anilines is 2. The van der Waals surface area contributed by atoms with Crippen LogP contribution in [0.2, 0.25) is 0 Å². The van der Waals surface area contributed by atoms with E-state index < -0.39 is 34.8 Å². The molecule has 1 amide bonds. The molecule has 1 aromatic heterocycles. The molecule has 2 aliphatic carbocycles. The van der Waals surface area contributed by atoms with Gasteiger partial charge >= 0.3 is 6.18 Å². The third-order valence-corrected chi connectivity index (χ3v) is 8.66. The van der Waals surface area contributed by atoms with E-state index in [-0.39, 0.29) is 29.1 Å². The molecule has 2 saturated heterocycles. The Bertz CT molecular complexity index is 1400. The summed E-state index contributed by atoms with van der Waals surface area (Å²) in [4.78, 5) is 22.1. The van der Waals surface area contributed by atoms with Crippen LogP contribution in [-0.2, 0) is 11.0 Å². The number of nitrogens with zero attached hydrogens (tertiary/aromatic N) is 5. The maximum absolute atomic E-state index is 13.6. The van der Waals surface area contributed by atoms with E-state index in [1.54, 1.807) is 29.2 Å². The number of ether oxygens (including phenoxy) is 1. The van der Waals surface area contributed by atoms with Crippen molar-refractivity contribution in [1.82, 2.24) is 9.88 Å². The lowest BCUT2D eigenvalue weighted by atomic mass is 9.61. The van der Waals surface area contributed by atoms with Gasteiger partial charge in [-0.2, -0.15) is 18.4 Å². The van der Waals surface area contributed by atoms with E-state index in [1.807, 2.05) is 0 Å². The molecule has 3 heterocycles. The Hall–Kier alpha value is -3.37. The third kappa shape index (κ3) is 4.28. The van der Waals surface area contributed by atoms with Crippen LogP contribution < -0.4 is 14.5 Å². The van der Waals surface area contributed by atoms with Crippen molar-refractivity contribution in [2.75, 3.05) is 36.0 Å². The van der Waals surface area contributed by atoms with E-state index in [0.29, 0.717) is 50.5 Å². The van der Waals surface area contributed by atoms with E-state index in [4.69, 9.17) is 22.2 Å². The summed E-state index contributed by atoms with van der Waals surface area (Å²) in [7, 11) is 0. The molecule has 1 aromatic carbocycles. The summed E-state index contributed by atoms with van der Waals surface area (Å²) in [5.74, 6) is -2.37. The average Bonchev–Trinajstić information content (AvgIpc) is 3.07. The molecule has 2 spiro atoms. The monoisotopic (exact) mass is 577 g/mol. The van der Waals surface area contributed by atoms with E-state index in [1.165, 1.54) is 6.07 Å². The maximum Gasteiger partial charge on any atom is 0.419 e. The minimum atomic E-state index is -4.83. The van der Waals surface area contributed by atoms with Gasteiger partial charge in [0.25, 0.3) is 5.91 Å². The second-order valence-corrected chi connectivity index (χ2v) is 11.5. The first-order valence-corrected chi connectivity index (χ1v) is 13.3. The van der Waals surface area contributed by atoms with Crippen molar-refractivity contribution in [3.8, 4) is 11.8 Å². The minimum absolute atomic E-state index is 0.0336. The first-order valence-electron chi connectivity index (χ1n) is 12.9. The molecule has 0 unspecified atom stereocenters. The predicted molar refractivity (Wildman–Crippen MR) is 138 cm³/mol. The van der Waals surface area contributed by atoms with Crippen LogP contribution in [0.4, 0.5) is 33.3 Å². The zero-order chi connectivity index (χ0) is 28.5. The number of hydrogen-bond donors (Lipinski definition) is 0. The van der Waals surface area contributed by atoms with E-state index in [2.05, 4.69) is 9.88 Å². The maximum atomic E-state index is 13.6. The lowest BCUT2D eigenvalue weighted by Gasteiger charge is -2.58. The molecule has 0 bridgehead atoms. The van der Waals surface area contributed by atoms with Gasteiger partial charge in [-0.25, -0.2) is 13.8 Å². The Balaban J connectivity index is 1.15. The summed E-state index contributed by atoms with van der Waals surface area (Å²) < 4.78 is 72.9. The van der Waals surface area contributed by atoms with Gasteiger partial charge in [-0.1, -0.05) is 0 Å². The lowest BCUT2D eigenvalue weighted by molar-refractivity contribution is -0.213. The minimum Gasteiger partial charge on any atom is -0.492 e. The van der Waals surface area contributed by atoms with E-state index in [0.717, 1.165) is 23.6 Å². The van der Waals surface area contributed by atoms with Crippen LogP contribution in [0.15, 0.2) is 36.5 Å². The molecular weight excluding hydrogens is 553 g/mol. The molecule has 2 saturated carbocycles. The van der Waals surface area contributed by atoms with Crippen LogP contribution in [0, 0.1) is 16.7 Å². The second kappa shape index (κ2) is 9.07. The van der Waals surface area contributed by atoms with Crippen molar-refractivity contribution >= 4 is 34.6 Å². The molecule has 0 radical (unpaired) electrons. The summed E-state index contributed by atoms with van der Waals surface area (Å²) in [5, 5.41) is 9.10. The number of likely N-dealkylation sites (tertiary alicyclic amines) is 1. The summed E-state index contributed by atoms with van der Waals surface area (Å²) in [6.07, 6.45) is -2.12. The molecule has 40 heavy (non-hydrogen) atoms. The number of alkyl halides is 5. The molecule has 2 aliphatic heterocycles. The van der Waals surface area contributed by atoms with Crippen LogP contribution in [0.1, 0.15) is 43.4 Å². The molecule has 210 valence electrons. The second-order valence-electron chi connectivity index (χ2n) is 11.1. The number of amides is 1. The Morgan fingerprint density at radius 3 is 2.33 bits per heavy atom. The van der Waals surface area contributed by atoms with Crippen molar-refractivity contribution in [1.29, 1.82) is 5.26 Å². The number of hydrogen-bond acceptors (Lipinski definition) is 6. The number of thiocarbonyl (C=S) groups is 1. The first-order chi connectivity index (χ1) is 18.9. The predicted octanol–water partition coefficient (Wildman–Crippen LogP) is 5.14. The summed E-state index contributed by atoms with van der Waals surface area (Å²) in [6, 6.07) is 9.12. The molecule has 0 N–H and O–H groups in total. The molecular formula is C27H24F5N5O2S. The summed E-state index contributed by atoms with van der Waals surface area (Å²) >= 11 is 5.62. The highest BCUT2D eigenvalue weighted by Gasteiger charge is 2.61. The standard InChI is InChI=1S/C27H24F5N5O2S/c28-26(29)13-24(14-26)15-35(16-24)8-9-39-19-4-2-17(3-5-19)37-23(40)36(22(38)25(37)6-1-7-25)18-10-20(27(30,31)32)21(11-33)34-12-18/h2-5,10,12H,1,6-9,13-16H2. The zero-order valence-corrected chi connectivity index (χ0v) is 22.0. The number of nitriles is 1. The zero-order valence-electron chi connectivity index (χ0n) is 21.2. The van der Waals surface area contributed by atoms with Crippen molar-refractivity contribution in [2.45, 2.75) is 49.7 Å². The van der Waals surface area contributed by atoms with Gasteiger partial charge in [-0.05, 0) is 61.8 Å². The lowest BCUT2D eigenvalue weighted by Crippen LogP contribution is -2.66. The van der Waals surface area contributed by atoms with Crippen molar-refractivity contribution in [2.24, 2.45) is 5.41 Å². The molecule has 6 rings (SSSR count). The van der Waals surface area contributed by atoms with Gasteiger partial charge < -0.3 is 9.64 Å². The Kier molecular flexibility index (Phi) is 6.09. The normalized spacial score (nSPS) is 22.6. The number of pyridine rings is 1. The molecule has 13 heteroatoms. The molecule has 0 atom stereocenters. The van der Waals surface area contributed by atoms with Crippen LogP contribution >= 0.6 is 12.2 Å². The summed E-state index contributed by atoms with van der Waals surface area (Å²) in [5.41, 5.74) is -2.79. The van der Waals surface area contributed by atoms with Gasteiger partial charge in [0, 0.05) is 43.6 Å². The van der Waals surface area contributed by atoms with E-state index in [9.17, 15) is 26.7 Å². The van der Waals surface area contributed by atoms with Crippen LogP contribution in [-0.4, -0.2) is 58.6 Å². The van der Waals surface area contributed by atoms with Crippen molar-refractivity contribution in [3.63, 3.8) is 0 Å². The van der Waals surface area contributed by atoms with Gasteiger partial charge in [0.2, 0.25) is 5.92 Å².